The van der Waals surface area contributed by atoms with E-state index in [0.717, 1.165) is 0 Å². The molecule has 0 aromatic carbocycles. The van der Waals surface area contributed by atoms with Crippen LogP contribution in [0.15, 0.2) is 16.9 Å². The van der Waals surface area contributed by atoms with Crippen LogP contribution in [-0.2, 0) is 9.47 Å². The van der Waals surface area contributed by atoms with E-state index in [2.05, 4.69) is 14.7 Å². The maximum absolute atomic E-state index is 12.4. The second kappa shape index (κ2) is 6.47. The van der Waals surface area contributed by atoms with Gasteiger partial charge in [-0.1, -0.05) is 0 Å². The number of hydrogen-bond acceptors (Lipinski definition) is 6. The number of ether oxygens (including phenoxy) is 2. The van der Waals surface area contributed by atoms with Gasteiger partial charge in [0.05, 0.1) is 18.7 Å². The number of likely N-dealkylation sites (tertiary alicyclic amines) is 1. The monoisotopic (exact) mass is 362 g/mol. The Bertz CT molecular complexity index is 908. The molecule has 140 valence electrons. The highest BCUT2D eigenvalue weighted by Crippen LogP contribution is 2.25. The molecule has 1 saturated heterocycles. The molecule has 2 aromatic heterocycles. The fraction of sp³-hybridized carbons (Fsp3) is 0.529. The summed E-state index contributed by atoms with van der Waals surface area (Å²) >= 11 is 0. The van der Waals surface area contributed by atoms with Gasteiger partial charge >= 0.3 is 17.8 Å². The lowest BCUT2D eigenvalue weighted by Gasteiger charge is -2.24. The first-order valence-electron chi connectivity index (χ1n) is 8.37. The molecule has 0 radical (unpaired) electrons. The first kappa shape index (κ1) is 18.0. The summed E-state index contributed by atoms with van der Waals surface area (Å²) in [5.74, 6) is -0.575. The summed E-state index contributed by atoms with van der Waals surface area (Å²) in [4.78, 5) is 44.9. The number of carbonyl (C=O) groups excluding carboxylic acids is 2. The largest absolute Gasteiger partial charge is 0.464 e. The summed E-state index contributed by atoms with van der Waals surface area (Å²) in [6.45, 7) is 6.24. The Balaban J connectivity index is 1.89. The van der Waals surface area contributed by atoms with Crippen molar-refractivity contribution in [2.75, 3.05) is 20.2 Å². The van der Waals surface area contributed by atoms with E-state index in [-0.39, 0.29) is 17.4 Å². The topological polar surface area (TPSA) is 107 Å². The Morgan fingerprint density at radius 3 is 2.69 bits per heavy atom. The molecule has 2 aromatic rings. The lowest BCUT2D eigenvalue weighted by molar-refractivity contribution is 0.0289. The van der Waals surface area contributed by atoms with Gasteiger partial charge in [-0.3, -0.25) is 4.57 Å². The van der Waals surface area contributed by atoms with Crippen molar-refractivity contribution in [3.05, 3.63) is 28.3 Å². The molecule has 0 bridgehead atoms. The highest BCUT2D eigenvalue weighted by atomic mass is 16.6. The van der Waals surface area contributed by atoms with E-state index in [4.69, 9.17) is 4.74 Å². The van der Waals surface area contributed by atoms with Crippen LogP contribution in [0.4, 0.5) is 4.79 Å². The lowest BCUT2D eigenvalue weighted by Crippen LogP contribution is -2.36. The fourth-order valence-corrected chi connectivity index (χ4v) is 3.00. The average Bonchev–Trinajstić information content (AvgIpc) is 3.15. The minimum atomic E-state index is -0.580. The van der Waals surface area contributed by atoms with Gasteiger partial charge in [0, 0.05) is 13.1 Å². The molecule has 1 fully saturated rings. The molecule has 3 rings (SSSR count). The summed E-state index contributed by atoms with van der Waals surface area (Å²) in [6.07, 6.45) is 0.187. The number of fused-ring (bicyclic) bond motifs is 1. The molecule has 1 aliphatic rings. The Labute approximate surface area is 149 Å². The zero-order valence-electron chi connectivity index (χ0n) is 15.2. The highest BCUT2D eigenvalue weighted by molar-refractivity contribution is 5.89. The quantitative estimate of drug-likeness (QED) is 0.815. The standard InChI is InChI=1S/C17H22N4O5/c1-17(2,3)26-16(24)20-8-7-10(9-20)21-13-11(19-15(21)23)5-6-12(18-13)14(22)25-4/h5-6,10H,7-9H2,1-4H3,(H,19,23). The number of H-pyrrole nitrogens is 1. The molecule has 0 saturated carbocycles. The third-order valence-electron chi connectivity index (χ3n) is 4.14. The number of esters is 1. The van der Waals surface area contributed by atoms with Gasteiger partial charge in [0.25, 0.3) is 0 Å². The Morgan fingerprint density at radius 2 is 2.04 bits per heavy atom. The van der Waals surface area contributed by atoms with Gasteiger partial charge in [0.2, 0.25) is 0 Å². The number of pyridine rings is 1. The smallest absolute Gasteiger partial charge is 0.410 e. The van der Waals surface area contributed by atoms with Crippen molar-refractivity contribution in [1.29, 1.82) is 0 Å². The van der Waals surface area contributed by atoms with Crippen molar-refractivity contribution in [3.63, 3.8) is 0 Å². The number of nitrogens with zero attached hydrogens (tertiary/aromatic N) is 3. The van der Waals surface area contributed by atoms with E-state index in [1.165, 1.54) is 17.7 Å². The normalized spacial score (nSPS) is 17.5. The molecule has 1 atom stereocenters. The summed E-state index contributed by atoms with van der Waals surface area (Å²) in [7, 11) is 1.27. The van der Waals surface area contributed by atoms with Crippen LogP contribution in [-0.4, -0.2) is 57.3 Å². The molecule has 1 N–H and O–H groups in total. The summed E-state index contributed by atoms with van der Waals surface area (Å²) in [6, 6.07) is 2.87. The number of amides is 1. The van der Waals surface area contributed by atoms with Gasteiger partial charge < -0.3 is 19.4 Å². The number of carbonyl (C=O) groups is 2. The first-order valence-corrected chi connectivity index (χ1v) is 8.37. The minimum Gasteiger partial charge on any atom is -0.464 e. The summed E-state index contributed by atoms with van der Waals surface area (Å²) in [5.41, 5.74) is 0.108. The molecule has 0 spiro atoms. The van der Waals surface area contributed by atoms with E-state index in [1.54, 1.807) is 31.7 Å². The maximum atomic E-state index is 12.4. The fourth-order valence-electron chi connectivity index (χ4n) is 3.00. The van der Waals surface area contributed by atoms with Crippen LogP contribution in [0.5, 0.6) is 0 Å². The Hall–Kier alpha value is -2.84. The maximum Gasteiger partial charge on any atom is 0.410 e. The van der Waals surface area contributed by atoms with Gasteiger partial charge in [-0.05, 0) is 39.3 Å². The molecule has 0 aliphatic carbocycles. The molecule has 1 aliphatic heterocycles. The number of methoxy groups -OCH3 is 1. The van der Waals surface area contributed by atoms with Crippen molar-refractivity contribution in [2.45, 2.75) is 38.8 Å². The van der Waals surface area contributed by atoms with E-state index in [1.807, 2.05) is 0 Å². The van der Waals surface area contributed by atoms with Gasteiger partial charge in [-0.25, -0.2) is 19.4 Å². The predicted molar refractivity (Wildman–Crippen MR) is 93.2 cm³/mol. The van der Waals surface area contributed by atoms with Crippen molar-refractivity contribution in [3.8, 4) is 0 Å². The molecule has 26 heavy (non-hydrogen) atoms. The van der Waals surface area contributed by atoms with E-state index < -0.39 is 17.7 Å². The predicted octanol–water partition coefficient (Wildman–Crippen LogP) is 1.69. The van der Waals surface area contributed by atoms with Crippen molar-refractivity contribution in [2.24, 2.45) is 0 Å². The molecule has 9 nitrogen and oxygen atoms in total. The van der Waals surface area contributed by atoms with Gasteiger partial charge in [0.15, 0.2) is 11.3 Å². The number of nitrogens with one attached hydrogen (secondary N) is 1. The molecular formula is C17H22N4O5. The highest BCUT2D eigenvalue weighted by Gasteiger charge is 2.32. The lowest BCUT2D eigenvalue weighted by atomic mass is 10.2. The van der Waals surface area contributed by atoms with Gasteiger partial charge in [-0.2, -0.15) is 0 Å². The molecule has 1 unspecified atom stereocenters. The van der Waals surface area contributed by atoms with Crippen LogP contribution in [0.3, 0.4) is 0 Å². The van der Waals surface area contributed by atoms with Crippen LogP contribution in [0.1, 0.15) is 43.7 Å². The van der Waals surface area contributed by atoms with E-state index in [0.29, 0.717) is 30.7 Å². The minimum absolute atomic E-state index is 0.120. The first-order chi connectivity index (χ1) is 12.2. The van der Waals surface area contributed by atoms with Crippen molar-refractivity contribution in [1.82, 2.24) is 19.4 Å². The zero-order chi connectivity index (χ0) is 19.1. The Kier molecular flexibility index (Phi) is 4.47. The van der Waals surface area contributed by atoms with Crippen LogP contribution in [0, 0.1) is 0 Å². The van der Waals surface area contributed by atoms with E-state index in [9.17, 15) is 14.4 Å². The zero-order valence-corrected chi connectivity index (χ0v) is 15.2. The van der Waals surface area contributed by atoms with Gasteiger partial charge in [0.1, 0.15) is 5.60 Å². The third-order valence-corrected chi connectivity index (χ3v) is 4.14. The van der Waals surface area contributed by atoms with Crippen molar-refractivity contribution < 1.29 is 19.1 Å². The summed E-state index contributed by atoms with van der Waals surface area (Å²) < 4.78 is 11.6. The number of rotatable bonds is 2. The average molecular weight is 362 g/mol. The molecular weight excluding hydrogens is 340 g/mol. The Morgan fingerprint density at radius 1 is 1.31 bits per heavy atom. The van der Waals surface area contributed by atoms with Crippen LogP contribution in [0.25, 0.3) is 11.2 Å². The molecule has 9 heteroatoms. The van der Waals surface area contributed by atoms with Crippen LogP contribution >= 0.6 is 0 Å². The number of aromatic nitrogens is 3. The van der Waals surface area contributed by atoms with Crippen molar-refractivity contribution >= 4 is 23.2 Å². The SMILES string of the molecule is COC(=O)c1ccc2[nH]c(=O)n(C3CCN(C(=O)OC(C)(C)C)C3)c2n1. The van der Waals surface area contributed by atoms with E-state index >= 15 is 0 Å². The second-order valence-electron chi connectivity index (χ2n) is 7.23. The summed E-state index contributed by atoms with van der Waals surface area (Å²) in [5, 5.41) is 0. The third kappa shape index (κ3) is 3.42. The van der Waals surface area contributed by atoms with Crippen LogP contribution in [0.2, 0.25) is 0 Å². The number of hydrogen-bond donors (Lipinski definition) is 1. The number of aromatic amines is 1. The molecule has 3 heterocycles. The second-order valence-corrected chi connectivity index (χ2v) is 7.23. The van der Waals surface area contributed by atoms with Gasteiger partial charge in [-0.15, -0.1) is 0 Å². The number of imidazole rings is 1. The van der Waals surface area contributed by atoms with Crippen LogP contribution < -0.4 is 5.69 Å². The molecule has 1 amide bonds.